The van der Waals surface area contributed by atoms with Crippen molar-refractivity contribution in [2.45, 2.75) is 36.8 Å². The number of carbonyl (C=O) groups is 2. The molecule has 0 spiro atoms. The van der Waals surface area contributed by atoms with Crippen molar-refractivity contribution in [1.82, 2.24) is 19.9 Å². The smallest absolute Gasteiger partial charge is 0.272 e. The molecule has 0 aliphatic carbocycles. The van der Waals surface area contributed by atoms with E-state index in [0.717, 1.165) is 11.1 Å². The second-order valence-electron chi connectivity index (χ2n) is 7.50. The van der Waals surface area contributed by atoms with Crippen molar-refractivity contribution in [2.75, 3.05) is 0 Å². The van der Waals surface area contributed by atoms with Crippen LogP contribution in [0.15, 0.2) is 70.2 Å². The van der Waals surface area contributed by atoms with Gasteiger partial charge in [0.1, 0.15) is 4.70 Å². The van der Waals surface area contributed by atoms with E-state index in [1.807, 2.05) is 24.4 Å². The van der Waals surface area contributed by atoms with Crippen LogP contribution in [0.25, 0.3) is 10.2 Å². The zero-order valence-corrected chi connectivity index (χ0v) is 19.9. The van der Waals surface area contributed by atoms with Gasteiger partial charge < -0.3 is 15.2 Å². The molecule has 0 radical (unpaired) electrons. The van der Waals surface area contributed by atoms with Crippen molar-refractivity contribution in [3.05, 3.63) is 87.3 Å². The highest BCUT2D eigenvalue weighted by atomic mass is 32.2. The Balaban J connectivity index is 1.60. The number of aromatic nitrogens is 3. The van der Waals surface area contributed by atoms with Crippen LogP contribution in [-0.2, 0) is 17.9 Å². The fraction of sp³-hybridized carbons (Fsp3) is 0.208. The first kappa shape index (κ1) is 23.7. The first-order chi connectivity index (χ1) is 16.5. The molecule has 1 amide bonds. The topological polar surface area (TPSA) is 117 Å². The van der Waals surface area contributed by atoms with Crippen LogP contribution < -0.4 is 16.0 Å². The van der Waals surface area contributed by atoms with Crippen LogP contribution in [0, 0.1) is 0 Å². The average Bonchev–Trinajstić information content (AvgIpc) is 3.33. The summed E-state index contributed by atoms with van der Waals surface area (Å²) in [6.07, 6.45) is 3.92. The number of nitrogens with one attached hydrogen (secondary N) is 1. The fourth-order valence-electron chi connectivity index (χ4n) is 3.34. The highest BCUT2D eigenvalue weighted by Gasteiger charge is 2.22. The van der Waals surface area contributed by atoms with Gasteiger partial charge in [-0.25, -0.2) is 4.98 Å². The lowest BCUT2D eigenvalue weighted by molar-refractivity contribution is -0.255. The Morgan fingerprint density at radius 3 is 2.65 bits per heavy atom. The maximum Gasteiger partial charge on any atom is 0.272 e. The zero-order chi connectivity index (χ0) is 24.1. The third kappa shape index (κ3) is 5.35. The Labute approximate surface area is 203 Å². The summed E-state index contributed by atoms with van der Waals surface area (Å²) in [4.78, 5) is 45.9. The normalized spacial score (nSPS) is 11.9. The van der Waals surface area contributed by atoms with Gasteiger partial charge in [0.15, 0.2) is 5.16 Å². The monoisotopic (exact) mass is 493 g/mol. The molecule has 0 saturated heterocycles. The van der Waals surface area contributed by atoms with E-state index >= 15 is 0 Å². The van der Waals surface area contributed by atoms with Crippen LogP contribution in [0.2, 0.25) is 0 Å². The van der Waals surface area contributed by atoms with Crippen LogP contribution in [-0.4, -0.2) is 31.7 Å². The molecule has 0 bridgehead atoms. The van der Waals surface area contributed by atoms with E-state index < -0.39 is 11.2 Å². The summed E-state index contributed by atoms with van der Waals surface area (Å²) in [7, 11) is 0. The summed E-state index contributed by atoms with van der Waals surface area (Å²) in [5, 5.41) is 15.8. The molecule has 10 heteroatoms. The first-order valence-electron chi connectivity index (χ1n) is 10.6. The van der Waals surface area contributed by atoms with Crippen molar-refractivity contribution in [3.8, 4) is 0 Å². The molecule has 1 unspecified atom stereocenters. The van der Waals surface area contributed by atoms with Gasteiger partial charge in [0.2, 0.25) is 5.91 Å². The summed E-state index contributed by atoms with van der Waals surface area (Å²) < 4.78 is 2.07. The van der Waals surface area contributed by atoms with Crippen LogP contribution in [0.4, 0.5) is 0 Å². The number of nitrogens with zero attached hydrogens (tertiary/aromatic N) is 3. The molecule has 1 aromatic carbocycles. The first-order valence-corrected chi connectivity index (χ1v) is 12.3. The van der Waals surface area contributed by atoms with Crippen LogP contribution >= 0.6 is 23.1 Å². The highest BCUT2D eigenvalue weighted by molar-refractivity contribution is 8.00. The highest BCUT2D eigenvalue weighted by Crippen LogP contribution is 2.27. The van der Waals surface area contributed by atoms with Gasteiger partial charge in [-0.1, -0.05) is 49.0 Å². The van der Waals surface area contributed by atoms with E-state index in [0.29, 0.717) is 28.3 Å². The number of hydrogen-bond acceptors (Lipinski definition) is 8. The summed E-state index contributed by atoms with van der Waals surface area (Å²) in [5.74, 6) is -1.41. The third-order valence-corrected chi connectivity index (χ3v) is 7.41. The number of carbonyl (C=O) groups excluding carboxylic acids is 2. The quantitative estimate of drug-likeness (QED) is 0.281. The predicted molar refractivity (Wildman–Crippen MR) is 130 cm³/mol. The number of rotatable bonds is 9. The van der Waals surface area contributed by atoms with Crippen molar-refractivity contribution in [1.29, 1.82) is 0 Å². The Kier molecular flexibility index (Phi) is 7.39. The minimum absolute atomic E-state index is 0.0638. The molecule has 4 aromatic rings. The Morgan fingerprint density at radius 1 is 1.18 bits per heavy atom. The second kappa shape index (κ2) is 10.6. The zero-order valence-electron chi connectivity index (χ0n) is 18.3. The Hall–Kier alpha value is -3.50. The average molecular weight is 494 g/mol. The van der Waals surface area contributed by atoms with Gasteiger partial charge in [-0.3, -0.25) is 19.1 Å². The van der Waals surface area contributed by atoms with Gasteiger partial charge >= 0.3 is 0 Å². The minimum atomic E-state index is -1.26. The number of thiophene rings is 1. The standard InChI is InChI=1S/C24H22N4O4S2/c1-2-19(21(29)26-13-16-4-3-10-25-12-16)34-24-27-18-9-11-33-20(18)22(30)28(24)14-15-5-7-17(8-6-15)23(31)32/h3-12,19H,2,13-14H2,1H3,(H,26,29)(H,31,32)/p-1. The molecule has 4 rings (SSSR count). The van der Waals surface area contributed by atoms with Crippen molar-refractivity contribution < 1.29 is 14.7 Å². The van der Waals surface area contributed by atoms with E-state index in [2.05, 4.69) is 15.3 Å². The molecule has 174 valence electrons. The number of carboxylic acid groups (broad SMARTS) is 1. The van der Waals surface area contributed by atoms with Crippen molar-refractivity contribution in [2.24, 2.45) is 0 Å². The van der Waals surface area contributed by atoms with Gasteiger partial charge in [0.05, 0.1) is 23.3 Å². The van der Waals surface area contributed by atoms with Crippen LogP contribution in [0.5, 0.6) is 0 Å². The number of fused-ring (bicyclic) bond motifs is 1. The van der Waals surface area contributed by atoms with E-state index in [-0.39, 0.29) is 23.6 Å². The molecule has 34 heavy (non-hydrogen) atoms. The number of thioether (sulfide) groups is 1. The summed E-state index contributed by atoms with van der Waals surface area (Å²) in [5.41, 5.74) is 2.09. The lowest BCUT2D eigenvalue weighted by Gasteiger charge is -2.18. The van der Waals surface area contributed by atoms with Gasteiger partial charge in [-0.05, 0) is 40.6 Å². The van der Waals surface area contributed by atoms with E-state index in [4.69, 9.17) is 0 Å². The van der Waals surface area contributed by atoms with Gasteiger partial charge in [-0.2, -0.15) is 0 Å². The lowest BCUT2D eigenvalue weighted by atomic mass is 10.1. The molecule has 3 aromatic heterocycles. The number of aromatic carboxylic acids is 1. The molecular weight excluding hydrogens is 472 g/mol. The molecule has 0 saturated carbocycles. The summed E-state index contributed by atoms with van der Waals surface area (Å²) in [6, 6.07) is 11.7. The van der Waals surface area contributed by atoms with Gasteiger partial charge in [0.25, 0.3) is 5.56 Å². The fourth-order valence-corrected chi connectivity index (χ4v) is 5.15. The van der Waals surface area contributed by atoms with Gasteiger partial charge in [0, 0.05) is 18.9 Å². The van der Waals surface area contributed by atoms with Crippen molar-refractivity contribution >= 4 is 45.2 Å². The van der Waals surface area contributed by atoms with Gasteiger partial charge in [-0.15, -0.1) is 11.3 Å². The largest absolute Gasteiger partial charge is 0.545 e. The predicted octanol–water partition coefficient (Wildman–Crippen LogP) is 2.45. The van der Waals surface area contributed by atoms with Crippen LogP contribution in [0.1, 0.15) is 34.8 Å². The number of hydrogen-bond donors (Lipinski definition) is 1. The Morgan fingerprint density at radius 2 is 1.97 bits per heavy atom. The molecule has 3 heterocycles. The minimum Gasteiger partial charge on any atom is -0.545 e. The maximum absolute atomic E-state index is 13.2. The molecule has 0 aliphatic heterocycles. The number of amides is 1. The molecule has 1 N–H and O–H groups in total. The number of pyridine rings is 1. The van der Waals surface area contributed by atoms with E-state index in [1.54, 1.807) is 30.6 Å². The molecular formula is C24H21N4O4S2-. The molecule has 0 fully saturated rings. The third-order valence-electron chi connectivity index (χ3n) is 5.16. The van der Waals surface area contributed by atoms with Crippen LogP contribution in [0.3, 0.4) is 0 Å². The Bertz CT molecular complexity index is 1370. The van der Waals surface area contributed by atoms with E-state index in [9.17, 15) is 19.5 Å². The number of carboxylic acids is 1. The maximum atomic E-state index is 13.2. The lowest BCUT2D eigenvalue weighted by Crippen LogP contribution is -2.33. The molecule has 8 nitrogen and oxygen atoms in total. The molecule has 1 atom stereocenters. The second-order valence-corrected chi connectivity index (χ2v) is 9.58. The SMILES string of the molecule is CCC(Sc1nc2ccsc2c(=O)n1Cc1ccc(C(=O)[O-])cc1)C(=O)NCc1cccnc1. The molecule has 0 aliphatic rings. The number of benzene rings is 1. The van der Waals surface area contributed by atoms with Crippen molar-refractivity contribution in [3.63, 3.8) is 0 Å². The summed E-state index contributed by atoms with van der Waals surface area (Å²) in [6.45, 7) is 2.47. The van der Waals surface area contributed by atoms with E-state index in [1.165, 1.54) is 39.8 Å². The summed E-state index contributed by atoms with van der Waals surface area (Å²) >= 11 is 2.56.